The fourth-order valence-corrected chi connectivity index (χ4v) is 0. The Labute approximate surface area is 59.5 Å². The fourth-order valence-electron chi connectivity index (χ4n) is 0. The number of rotatable bonds is 0. The van der Waals surface area contributed by atoms with Crippen LogP contribution in [0.2, 0.25) is 0 Å². The molecular weight excluding hydrogens is 163 g/mol. The highest BCUT2D eigenvalue weighted by Gasteiger charge is 1.65. The zero-order chi connectivity index (χ0) is 3.58. The summed E-state index contributed by atoms with van der Waals surface area (Å²) < 4.78 is -0.444. The zero-order valence-corrected chi connectivity index (χ0v) is 6.04. The molecule has 0 rings (SSSR count). The predicted molar refractivity (Wildman–Crippen MR) is 37.9 cm³/mol. The lowest BCUT2D eigenvalue weighted by Crippen LogP contribution is -1.47. The first-order valence-electron chi connectivity index (χ1n) is 0.651. The zero-order valence-electron chi connectivity index (χ0n) is 2.62. The van der Waals surface area contributed by atoms with Gasteiger partial charge < -0.3 is 0 Å². The van der Waals surface area contributed by atoms with E-state index < -0.39 is 4.45 Å². The Kier molecular flexibility index (Phi) is 24.6. The van der Waals surface area contributed by atoms with E-state index in [0.29, 0.717) is 0 Å². The van der Waals surface area contributed by atoms with Crippen LogP contribution in [0.1, 0.15) is 0 Å². The smallest absolute Gasteiger partial charge is 0.239 e. The number of halogens is 2. The second-order valence-electron chi connectivity index (χ2n) is 0.283. The van der Waals surface area contributed by atoms with Gasteiger partial charge >= 0.3 is 0 Å². The summed E-state index contributed by atoms with van der Waals surface area (Å²) in [5.41, 5.74) is 0. The van der Waals surface area contributed by atoms with Gasteiger partial charge in [-0.25, -0.2) is 0 Å². The molecule has 0 aliphatic heterocycles. The molecule has 6 heavy (non-hydrogen) atoms. The Balaban J connectivity index is -0.0000000450. The Morgan fingerprint density at radius 2 is 1.17 bits per heavy atom. The van der Waals surface area contributed by atoms with Crippen LogP contribution in [0, 0.1) is 0 Å². The molecule has 0 aromatic rings. The van der Waals surface area contributed by atoms with Crippen molar-refractivity contribution < 1.29 is 4.79 Å². The van der Waals surface area contributed by atoms with E-state index in [2.05, 4.69) is 25.3 Å². The first-order chi connectivity index (χ1) is 1.73. The fraction of sp³-hybridized carbons (Fsp3) is 0. The molecule has 0 spiro atoms. The van der Waals surface area contributed by atoms with Gasteiger partial charge in [0.15, 0.2) is 0 Å². The number of hydrogen-bond acceptors (Lipinski definition) is 1. The van der Waals surface area contributed by atoms with Crippen LogP contribution in [-0.4, -0.2) is 4.45 Å². The molecule has 1 nitrogen and oxygen atoms in total. The third-order valence-electron chi connectivity index (χ3n) is 0. The molecule has 0 atom stereocenters. The molecule has 0 aliphatic rings. The van der Waals surface area contributed by atoms with Crippen molar-refractivity contribution in [3.63, 3.8) is 0 Å². The van der Waals surface area contributed by atoms with Crippen molar-refractivity contribution in [2.45, 2.75) is 0 Å². The minimum Gasteiger partial charge on any atom is -0.275 e. The van der Waals surface area contributed by atoms with E-state index in [4.69, 9.17) is 0 Å². The lowest BCUT2D eigenvalue weighted by Gasteiger charge is -1.54. The summed E-state index contributed by atoms with van der Waals surface area (Å²) >= 11 is 6.38. The summed E-state index contributed by atoms with van der Waals surface area (Å²) in [6.45, 7) is 0. The summed E-state index contributed by atoms with van der Waals surface area (Å²) in [6, 6.07) is 0. The molecule has 0 radical (unpaired) electrons. The highest BCUT2D eigenvalue weighted by atomic mass is 35.5. The van der Waals surface area contributed by atoms with Crippen LogP contribution >= 0.6 is 50.1 Å². The number of thiol groups is 2. The minimum atomic E-state index is -0.444. The predicted octanol–water partition coefficient (Wildman–Crippen LogP) is 1.81. The van der Waals surface area contributed by atoms with E-state index in [0.717, 1.165) is 0 Å². The van der Waals surface area contributed by atoms with Crippen molar-refractivity contribution in [3.8, 4) is 0 Å². The van der Waals surface area contributed by atoms with E-state index in [1.165, 1.54) is 0 Å². The third kappa shape index (κ3) is 85.6. The molecule has 0 fully saturated rings. The van der Waals surface area contributed by atoms with E-state index in [9.17, 15) is 4.79 Å². The van der Waals surface area contributed by atoms with Crippen molar-refractivity contribution in [1.29, 1.82) is 0 Å². The van der Waals surface area contributed by atoms with Crippen molar-refractivity contribution in [3.05, 3.63) is 0 Å². The van der Waals surface area contributed by atoms with Crippen molar-refractivity contribution in [2.75, 3.05) is 0 Å². The molecule has 40 valence electrons. The second kappa shape index (κ2) is 9.34. The van der Waals surface area contributed by atoms with E-state index in [-0.39, 0.29) is 24.8 Å². The summed E-state index contributed by atoms with van der Waals surface area (Å²) in [6.07, 6.45) is 0. The lowest BCUT2D eigenvalue weighted by atomic mass is 11.8. The van der Waals surface area contributed by atoms with Crippen molar-refractivity contribution in [1.82, 2.24) is 0 Å². The van der Waals surface area contributed by atoms with Crippen LogP contribution in [0.15, 0.2) is 0 Å². The molecule has 5 heteroatoms. The van der Waals surface area contributed by atoms with Gasteiger partial charge in [-0.1, -0.05) is 25.3 Å². The topological polar surface area (TPSA) is 17.1 Å². The molecule has 0 saturated carbocycles. The number of hydrogen-bond donors (Lipinski definition) is 2. The Morgan fingerprint density at radius 3 is 1.17 bits per heavy atom. The van der Waals surface area contributed by atoms with Gasteiger partial charge in [-0.2, -0.15) is 0 Å². The normalized spacial score (nSPS) is 4.33. The summed E-state index contributed by atoms with van der Waals surface area (Å²) in [4.78, 5) is 9.17. The summed E-state index contributed by atoms with van der Waals surface area (Å²) in [5.74, 6) is 0. The maximum absolute atomic E-state index is 9.17. The molecule has 0 aromatic heterocycles. The molecule has 0 bridgehead atoms. The quantitative estimate of drug-likeness (QED) is 0.526. The average Bonchev–Trinajstić information content (AvgIpc) is 0.811. The van der Waals surface area contributed by atoms with E-state index >= 15 is 0 Å². The van der Waals surface area contributed by atoms with Crippen molar-refractivity contribution >= 4 is 54.5 Å². The lowest BCUT2D eigenvalue weighted by molar-refractivity contribution is 0.277. The highest BCUT2D eigenvalue weighted by molar-refractivity contribution is 8.23. The molecule has 0 amide bonds. The third-order valence-corrected chi connectivity index (χ3v) is 0. The monoisotopic (exact) mass is 166 g/mol. The number of carbonyl (C=O) groups is 1. The average molecular weight is 167 g/mol. The van der Waals surface area contributed by atoms with Crippen LogP contribution in [-0.2, 0) is 0 Å². The van der Waals surface area contributed by atoms with Gasteiger partial charge in [0, 0.05) is 0 Å². The van der Waals surface area contributed by atoms with Gasteiger partial charge in [-0.3, -0.25) is 4.79 Å². The summed E-state index contributed by atoms with van der Waals surface area (Å²) in [7, 11) is 0. The minimum absolute atomic E-state index is 0. The molecule has 0 saturated heterocycles. The van der Waals surface area contributed by atoms with Gasteiger partial charge in [-0.05, 0) is 0 Å². The Hall–Kier alpha value is 0.950. The van der Waals surface area contributed by atoms with Gasteiger partial charge in [0.25, 0.3) is 0 Å². The Morgan fingerprint density at radius 1 is 1.17 bits per heavy atom. The molecule has 0 heterocycles. The maximum Gasteiger partial charge on any atom is 0.239 e. The second-order valence-corrected chi connectivity index (χ2v) is 1.45. The highest BCUT2D eigenvalue weighted by Crippen LogP contribution is 1.81. The van der Waals surface area contributed by atoms with Gasteiger partial charge in [-0.15, -0.1) is 24.8 Å². The molecule has 0 unspecified atom stereocenters. The van der Waals surface area contributed by atoms with E-state index in [1.807, 2.05) is 0 Å². The van der Waals surface area contributed by atoms with Crippen LogP contribution in [0.25, 0.3) is 0 Å². The summed E-state index contributed by atoms with van der Waals surface area (Å²) in [5, 5.41) is 0. The van der Waals surface area contributed by atoms with Crippen LogP contribution < -0.4 is 0 Å². The van der Waals surface area contributed by atoms with Crippen LogP contribution in [0.4, 0.5) is 4.79 Å². The first-order valence-corrected chi connectivity index (χ1v) is 1.55. The number of carbonyl (C=O) groups excluding carboxylic acids is 1. The van der Waals surface area contributed by atoms with E-state index in [1.54, 1.807) is 0 Å². The molecular formula is CH4Cl2OS2. The van der Waals surface area contributed by atoms with Crippen LogP contribution in [0.5, 0.6) is 0 Å². The molecule has 0 aliphatic carbocycles. The maximum atomic E-state index is 9.17. The Bertz CT molecular complexity index is 34.5. The molecule has 0 N–H and O–H groups in total. The van der Waals surface area contributed by atoms with Gasteiger partial charge in [0.1, 0.15) is 0 Å². The van der Waals surface area contributed by atoms with Gasteiger partial charge in [0.05, 0.1) is 0 Å². The standard InChI is InChI=1S/CH2OS2.2ClH/c2-1(3)4;;/h(H2,2,3,4);2*1H. The SMILES string of the molecule is Cl.Cl.O=C(S)S. The van der Waals surface area contributed by atoms with Gasteiger partial charge in [0.2, 0.25) is 4.45 Å². The largest absolute Gasteiger partial charge is 0.275 e. The first kappa shape index (κ1) is 15.8. The van der Waals surface area contributed by atoms with Crippen LogP contribution in [0.3, 0.4) is 0 Å². The van der Waals surface area contributed by atoms with Crippen molar-refractivity contribution in [2.24, 2.45) is 0 Å². The molecule has 0 aromatic carbocycles.